The molecule has 0 saturated heterocycles. The van der Waals surface area contributed by atoms with Crippen LogP contribution in [0.5, 0.6) is 0 Å². The van der Waals surface area contributed by atoms with Gasteiger partial charge < -0.3 is 10.2 Å². The van der Waals surface area contributed by atoms with Gasteiger partial charge in [-0.2, -0.15) is 13.2 Å². The Labute approximate surface area is 149 Å². The molecular weight excluding hydrogens is 345 g/mol. The van der Waals surface area contributed by atoms with Crippen LogP contribution in [0.15, 0.2) is 48.5 Å². The summed E-state index contributed by atoms with van der Waals surface area (Å²) in [7, 11) is 0. The van der Waals surface area contributed by atoms with Gasteiger partial charge in [0.2, 0.25) is 11.8 Å². The van der Waals surface area contributed by atoms with E-state index in [4.69, 9.17) is 0 Å². The first kappa shape index (κ1) is 19.5. The van der Waals surface area contributed by atoms with E-state index in [9.17, 15) is 22.8 Å². The van der Waals surface area contributed by atoms with E-state index in [1.165, 1.54) is 19.1 Å². The predicted octanol–water partition coefficient (Wildman–Crippen LogP) is 4.26. The number of benzene rings is 2. The number of aryl methyl sites for hydroxylation is 1. The summed E-state index contributed by atoms with van der Waals surface area (Å²) in [6.45, 7) is 2.82. The maximum atomic E-state index is 12.9. The zero-order chi connectivity index (χ0) is 19.3. The third-order valence-electron chi connectivity index (χ3n) is 3.81. The average molecular weight is 364 g/mol. The molecule has 138 valence electrons. The Kier molecular flexibility index (Phi) is 6.02. The number of carbonyl (C=O) groups is 2. The van der Waals surface area contributed by atoms with Crippen LogP contribution in [0.4, 0.5) is 24.5 Å². The van der Waals surface area contributed by atoms with Crippen LogP contribution in [0.2, 0.25) is 0 Å². The van der Waals surface area contributed by atoms with Gasteiger partial charge in [0.25, 0.3) is 0 Å². The highest BCUT2D eigenvalue weighted by Gasteiger charge is 2.31. The molecule has 2 aromatic rings. The molecule has 0 aromatic heterocycles. The summed E-state index contributed by atoms with van der Waals surface area (Å²) in [6.07, 6.45) is -3.66. The molecule has 26 heavy (non-hydrogen) atoms. The lowest BCUT2D eigenvalue weighted by molar-refractivity contribution is -0.137. The molecule has 0 heterocycles. The molecule has 4 nitrogen and oxygen atoms in total. The Morgan fingerprint density at radius 2 is 1.73 bits per heavy atom. The highest BCUT2D eigenvalue weighted by molar-refractivity contribution is 6.01. The summed E-state index contributed by atoms with van der Waals surface area (Å²) in [6, 6.07) is 11.5. The number of rotatable bonds is 5. The van der Waals surface area contributed by atoms with Gasteiger partial charge in [0.1, 0.15) is 6.54 Å². The molecule has 0 aliphatic rings. The smallest absolute Gasteiger partial charge is 0.325 e. The molecule has 2 aromatic carbocycles. The van der Waals surface area contributed by atoms with Gasteiger partial charge >= 0.3 is 6.18 Å². The van der Waals surface area contributed by atoms with Crippen LogP contribution in [0, 0.1) is 0 Å². The molecule has 0 unspecified atom stereocenters. The largest absolute Gasteiger partial charge is 0.416 e. The average Bonchev–Trinajstić information content (AvgIpc) is 2.59. The first-order valence-electron chi connectivity index (χ1n) is 8.05. The minimum Gasteiger partial charge on any atom is -0.325 e. The maximum Gasteiger partial charge on any atom is 0.416 e. The normalized spacial score (nSPS) is 11.1. The van der Waals surface area contributed by atoms with Crippen LogP contribution in [-0.4, -0.2) is 18.4 Å². The van der Waals surface area contributed by atoms with Gasteiger partial charge in [-0.15, -0.1) is 0 Å². The standard InChI is InChI=1S/C19H19F3N2O2/c1-3-14-7-9-16(10-8-14)23-18(26)12-24(13(2)25)17-6-4-5-15(11-17)19(20,21)22/h4-11H,3,12H2,1-2H3,(H,23,26). The van der Waals surface area contributed by atoms with E-state index < -0.39 is 23.6 Å². The molecule has 0 radical (unpaired) electrons. The lowest BCUT2D eigenvalue weighted by Crippen LogP contribution is -2.36. The fraction of sp³-hybridized carbons (Fsp3) is 0.263. The van der Waals surface area contributed by atoms with Gasteiger partial charge in [-0.1, -0.05) is 25.1 Å². The molecule has 0 fully saturated rings. The first-order chi connectivity index (χ1) is 12.2. The van der Waals surface area contributed by atoms with E-state index in [0.717, 1.165) is 29.0 Å². The molecule has 7 heteroatoms. The highest BCUT2D eigenvalue weighted by atomic mass is 19.4. The third kappa shape index (κ3) is 5.08. The Bertz CT molecular complexity index is 786. The van der Waals surface area contributed by atoms with Crippen molar-refractivity contribution in [3.05, 3.63) is 59.7 Å². The van der Waals surface area contributed by atoms with Crippen molar-refractivity contribution in [1.82, 2.24) is 0 Å². The Morgan fingerprint density at radius 1 is 1.08 bits per heavy atom. The van der Waals surface area contributed by atoms with Crippen LogP contribution in [-0.2, 0) is 22.2 Å². The van der Waals surface area contributed by atoms with E-state index in [2.05, 4.69) is 5.32 Å². The van der Waals surface area contributed by atoms with Crippen LogP contribution in [0.3, 0.4) is 0 Å². The van der Waals surface area contributed by atoms with Crippen LogP contribution in [0.25, 0.3) is 0 Å². The number of hydrogen-bond donors (Lipinski definition) is 1. The lowest BCUT2D eigenvalue weighted by atomic mass is 10.1. The van der Waals surface area contributed by atoms with Gasteiger partial charge in [-0.05, 0) is 42.3 Å². The molecule has 2 rings (SSSR count). The van der Waals surface area contributed by atoms with E-state index in [1.807, 2.05) is 19.1 Å². The van der Waals surface area contributed by atoms with Crippen LogP contribution >= 0.6 is 0 Å². The highest BCUT2D eigenvalue weighted by Crippen LogP contribution is 2.31. The quantitative estimate of drug-likeness (QED) is 0.862. The van der Waals surface area contributed by atoms with Crippen molar-refractivity contribution in [3.63, 3.8) is 0 Å². The number of hydrogen-bond acceptors (Lipinski definition) is 2. The number of anilines is 2. The Hall–Kier alpha value is -2.83. The second-order valence-corrected chi connectivity index (χ2v) is 5.75. The molecule has 0 bridgehead atoms. The van der Waals surface area contributed by atoms with Gasteiger partial charge in [0, 0.05) is 18.3 Å². The lowest BCUT2D eigenvalue weighted by Gasteiger charge is -2.21. The summed E-state index contributed by atoms with van der Waals surface area (Å²) < 4.78 is 38.6. The summed E-state index contributed by atoms with van der Waals surface area (Å²) in [5.41, 5.74) is 0.803. The van der Waals surface area contributed by atoms with Gasteiger partial charge in [-0.25, -0.2) is 0 Å². The van der Waals surface area contributed by atoms with Crippen molar-refractivity contribution in [2.45, 2.75) is 26.4 Å². The van der Waals surface area contributed by atoms with Crippen LogP contribution in [0.1, 0.15) is 25.0 Å². The monoisotopic (exact) mass is 364 g/mol. The molecule has 0 spiro atoms. The number of carbonyl (C=O) groups excluding carboxylic acids is 2. The van der Waals surface area contributed by atoms with Crippen molar-refractivity contribution >= 4 is 23.2 Å². The second kappa shape index (κ2) is 8.03. The van der Waals surface area contributed by atoms with Crippen molar-refractivity contribution in [2.75, 3.05) is 16.8 Å². The van der Waals surface area contributed by atoms with Crippen molar-refractivity contribution < 1.29 is 22.8 Å². The van der Waals surface area contributed by atoms with E-state index in [-0.39, 0.29) is 12.2 Å². The van der Waals surface area contributed by atoms with Gasteiger partial charge in [-0.3, -0.25) is 9.59 Å². The Balaban J connectivity index is 2.15. The van der Waals surface area contributed by atoms with Crippen molar-refractivity contribution in [1.29, 1.82) is 0 Å². The number of nitrogens with one attached hydrogen (secondary N) is 1. The fourth-order valence-electron chi connectivity index (χ4n) is 2.40. The Morgan fingerprint density at radius 3 is 2.27 bits per heavy atom. The third-order valence-corrected chi connectivity index (χ3v) is 3.81. The summed E-state index contributed by atoms with van der Waals surface area (Å²) >= 11 is 0. The molecule has 1 N–H and O–H groups in total. The molecule has 0 saturated carbocycles. The van der Waals surface area contributed by atoms with Gasteiger partial charge in [0.15, 0.2) is 0 Å². The van der Waals surface area contributed by atoms with E-state index in [0.29, 0.717) is 5.69 Å². The summed E-state index contributed by atoms with van der Waals surface area (Å²) in [4.78, 5) is 25.1. The van der Waals surface area contributed by atoms with Crippen LogP contribution < -0.4 is 10.2 Å². The molecule has 0 aliphatic carbocycles. The molecule has 2 amide bonds. The SMILES string of the molecule is CCc1ccc(NC(=O)CN(C(C)=O)c2cccc(C(F)(F)F)c2)cc1. The topological polar surface area (TPSA) is 49.4 Å². The summed E-state index contributed by atoms with van der Waals surface area (Å²) in [5.74, 6) is -1.03. The predicted molar refractivity (Wildman–Crippen MR) is 93.9 cm³/mol. The van der Waals surface area contributed by atoms with E-state index >= 15 is 0 Å². The molecule has 0 aliphatic heterocycles. The number of amides is 2. The zero-order valence-corrected chi connectivity index (χ0v) is 14.4. The van der Waals surface area contributed by atoms with Crippen molar-refractivity contribution in [2.24, 2.45) is 0 Å². The first-order valence-corrected chi connectivity index (χ1v) is 8.05. The fourth-order valence-corrected chi connectivity index (χ4v) is 2.40. The molecule has 0 atom stereocenters. The molecular formula is C19H19F3N2O2. The zero-order valence-electron chi connectivity index (χ0n) is 14.4. The summed E-state index contributed by atoms with van der Waals surface area (Å²) in [5, 5.41) is 2.64. The number of halogens is 3. The minimum absolute atomic E-state index is 0.0174. The van der Waals surface area contributed by atoms with Gasteiger partial charge in [0.05, 0.1) is 5.56 Å². The minimum atomic E-state index is -4.53. The maximum absolute atomic E-state index is 12.9. The van der Waals surface area contributed by atoms with E-state index in [1.54, 1.807) is 12.1 Å². The second-order valence-electron chi connectivity index (χ2n) is 5.75. The number of nitrogens with zero attached hydrogens (tertiary/aromatic N) is 1. The van der Waals surface area contributed by atoms with Crippen molar-refractivity contribution in [3.8, 4) is 0 Å². The number of alkyl halides is 3.